The number of anilines is 1. The van der Waals surface area contributed by atoms with E-state index in [1.807, 2.05) is 12.1 Å². The van der Waals surface area contributed by atoms with Crippen molar-refractivity contribution < 1.29 is 0 Å². The third kappa shape index (κ3) is 1.55. The largest absolute Gasteiger partial charge is 0.355 e. The van der Waals surface area contributed by atoms with Crippen molar-refractivity contribution in [2.24, 2.45) is 0 Å². The summed E-state index contributed by atoms with van der Waals surface area (Å²) in [4.78, 5) is 2.30. The van der Waals surface area contributed by atoms with E-state index >= 15 is 0 Å². The van der Waals surface area contributed by atoms with Gasteiger partial charge in [-0.15, -0.1) is 5.10 Å². The van der Waals surface area contributed by atoms with Gasteiger partial charge in [0.05, 0.1) is 0 Å². The zero-order valence-electron chi connectivity index (χ0n) is 7.11. The number of nitrogens with zero attached hydrogens (tertiary/aromatic N) is 3. The first kappa shape index (κ1) is 7.53. The van der Waals surface area contributed by atoms with Crippen molar-refractivity contribution in [1.82, 2.24) is 10.2 Å². The van der Waals surface area contributed by atoms with Crippen LogP contribution < -0.4 is 4.90 Å². The van der Waals surface area contributed by atoms with E-state index in [0.717, 1.165) is 18.9 Å². The van der Waals surface area contributed by atoms with Crippen molar-refractivity contribution >= 4 is 5.82 Å². The second-order valence-electron chi connectivity index (χ2n) is 3.13. The van der Waals surface area contributed by atoms with Crippen molar-refractivity contribution in [3.8, 4) is 0 Å². The molecular formula is C9H13N3. The number of aromatic nitrogens is 2. The minimum absolute atomic E-state index is 1.03. The normalized spacial score (nSPS) is 17.8. The van der Waals surface area contributed by atoms with Crippen LogP contribution in [-0.2, 0) is 0 Å². The maximum Gasteiger partial charge on any atom is 0.151 e. The van der Waals surface area contributed by atoms with Gasteiger partial charge in [-0.1, -0.05) is 0 Å². The summed E-state index contributed by atoms with van der Waals surface area (Å²) in [5.41, 5.74) is 0. The molecule has 0 amide bonds. The molecule has 1 aliphatic rings. The zero-order chi connectivity index (χ0) is 8.23. The first-order valence-corrected chi connectivity index (χ1v) is 4.49. The molecule has 2 rings (SSSR count). The summed E-state index contributed by atoms with van der Waals surface area (Å²) in [5, 5.41) is 7.95. The summed E-state index contributed by atoms with van der Waals surface area (Å²) in [6.45, 7) is 2.28. The monoisotopic (exact) mass is 163 g/mol. The minimum Gasteiger partial charge on any atom is -0.355 e. The molecule has 0 atom stereocenters. The summed E-state index contributed by atoms with van der Waals surface area (Å²) < 4.78 is 0. The Balaban J connectivity index is 2.08. The van der Waals surface area contributed by atoms with E-state index < -0.39 is 0 Å². The summed E-state index contributed by atoms with van der Waals surface area (Å²) in [5.74, 6) is 1.03. The fraction of sp³-hybridized carbons (Fsp3) is 0.556. The van der Waals surface area contributed by atoms with Gasteiger partial charge in [0.15, 0.2) is 5.82 Å². The van der Waals surface area contributed by atoms with Crippen LogP contribution in [0.25, 0.3) is 0 Å². The Morgan fingerprint density at radius 3 is 2.67 bits per heavy atom. The van der Waals surface area contributed by atoms with E-state index in [9.17, 15) is 0 Å². The molecule has 0 bridgehead atoms. The van der Waals surface area contributed by atoms with Gasteiger partial charge in [-0.3, -0.25) is 0 Å². The van der Waals surface area contributed by atoms with E-state index in [1.54, 1.807) is 6.20 Å². The van der Waals surface area contributed by atoms with E-state index in [1.165, 1.54) is 19.3 Å². The molecule has 1 saturated heterocycles. The second kappa shape index (κ2) is 3.52. The first-order valence-electron chi connectivity index (χ1n) is 4.49. The zero-order valence-corrected chi connectivity index (χ0v) is 7.11. The molecule has 1 aromatic rings. The number of piperidine rings is 1. The standard InChI is InChI=1S/C9H13N3/c1-2-7-12(8-3-1)9-5-4-6-10-11-9/h4-6H,1-3,7-8H2. The Kier molecular flexibility index (Phi) is 2.21. The number of rotatable bonds is 1. The molecule has 3 heteroatoms. The lowest BCUT2D eigenvalue weighted by Crippen LogP contribution is -2.30. The topological polar surface area (TPSA) is 29.0 Å². The predicted molar refractivity (Wildman–Crippen MR) is 48.1 cm³/mol. The van der Waals surface area contributed by atoms with Crippen molar-refractivity contribution in [2.75, 3.05) is 18.0 Å². The van der Waals surface area contributed by atoms with Crippen molar-refractivity contribution in [3.05, 3.63) is 18.3 Å². The van der Waals surface area contributed by atoms with Gasteiger partial charge >= 0.3 is 0 Å². The molecule has 64 valence electrons. The fourth-order valence-electron chi connectivity index (χ4n) is 1.59. The van der Waals surface area contributed by atoms with Gasteiger partial charge in [-0.05, 0) is 31.4 Å². The second-order valence-corrected chi connectivity index (χ2v) is 3.13. The molecule has 1 aromatic heterocycles. The van der Waals surface area contributed by atoms with Gasteiger partial charge in [0.1, 0.15) is 0 Å². The molecule has 0 aliphatic carbocycles. The van der Waals surface area contributed by atoms with Crippen LogP contribution in [0.1, 0.15) is 19.3 Å². The molecule has 0 unspecified atom stereocenters. The smallest absolute Gasteiger partial charge is 0.151 e. The van der Waals surface area contributed by atoms with Crippen LogP contribution >= 0.6 is 0 Å². The van der Waals surface area contributed by atoms with E-state index in [-0.39, 0.29) is 0 Å². The van der Waals surface area contributed by atoms with Crippen LogP contribution in [0.15, 0.2) is 18.3 Å². The number of hydrogen-bond donors (Lipinski definition) is 0. The van der Waals surface area contributed by atoms with Gasteiger partial charge in [-0.2, -0.15) is 5.10 Å². The van der Waals surface area contributed by atoms with Crippen LogP contribution in [0.5, 0.6) is 0 Å². The van der Waals surface area contributed by atoms with E-state index in [2.05, 4.69) is 15.1 Å². The van der Waals surface area contributed by atoms with E-state index in [4.69, 9.17) is 0 Å². The first-order chi connectivity index (χ1) is 5.97. The highest BCUT2D eigenvalue weighted by Gasteiger charge is 2.10. The molecule has 3 nitrogen and oxygen atoms in total. The predicted octanol–water partition coefficient (Wildman–Crippen LogP) is 1.47. The Bertz CT molecular complexity index is 229. The van der Waals surface area contributed by atoms with Gasteiger partial charge in [0, 0.05) is 19.3 Å². The van der Waals surface area contributed by atoms with E-state index in [0.29, 0.717) is 0 Å². The molecule has 12 heavy (non-hydrogen) atoms. The molecular weight excluding hydrogens is 150 g/mol. The quantitative estimate of drug-likeness (QED) is 0.627. The lowest BCUT2D eigenvalue weighted by molar-refractivity contribution is 0.571. The average molecular weight is 163 g/mol. The Morgan fingerprint density at radius 2 is 2.00 bits per heavy atom. The van der Waals surface area contributed by atoms with Crippen molar-refractivity contribution in [3.63, 3.8) is 0 Å². The molecule has 2 heterocycles. The molecule has 0 aromatic carbocycles. The van der Waals surface area contributed by atoms with Crippen LogP contribution in [-0.4, -0.2) is 23.3 Å². The van der Waals surface area contributed by atoms with Crippen molar-refractivity contribution in [2.45, 2.75) is 19.3 Å². The Morgan fingerprint density at radius 1 is 1.17 bits per heavy atom. The summed E-state index contributed by atoms with van der Waals surface area (Å²) in [6, 6.07) is 3.97. The minimum atomic E-state index is 1.03. The fourth-order valence-corrected chi connectivity index (χ4v) is 1.59. The van der Waals surface area contributed by atoms with Gasteiger partial charge in [-0.25, -0.2) is 0 Å². The van der Waals surface area contributed by atoms with Crippen LogP contribution in [0.4, 0.5) is 5.82 Å². The Labute approximate surface area is 72.4 Å². The van der Waals surface area contributed by atoms with Crippen molar-refractivity contribution in [1.29, 1.82) is 0 Å². The highest BCUT2D eigenvalue weighted by Crippen LogP contribution is 2.15. The molecule has 0 radical (unpaired) electrons. The Hall–Kier alpha value is -1.12. The maximum atomic E-state index is 4.08. The lowest BCUT2D eigenvalue weighted by Gasteiger charge is -2.26. The van der Waals surface area contributed by atoms with Gasteiger partial charge in [0.2, 0.25) is 0 Å². The third-order valence-corrected chi connectivity index (χ3v) is 2.24. The van der Waals surface area contributed by atoms with Crippen LogP contribution in [0.2, 0.25) is 0 Å². The molecule has 0 spiro atoms. The highest BCUT2D eigenvalue weighted by atomic mass is 15.3. The van der Waals surface area contributed by atoms with Crippen LogP contribution in [0.3, 0.4) is 0 Å². The molecule has 1 fully saturated rings. The molecule has 0 saturated carbocycles. The summed E-state index contributed by atoms with van der Waals surface area (Å²) in [7, 11) is 0. The molecule has 0 N–H and O–H groups in total. The average Bonchev–Trinajstić information content (AvgIpc) is 2.21. The van der Waals surface area contributed by atoms with Gasteiger partial charge < -0.3 is 4.90 Å². The maximum absolute atomic E-state index is 4.08. The molecule has 1 aliphatic heterocycles. The highest BCUT2D eigenvalue weighted by molar-refractivity contribution is 5.36. The third-order valence-electron chi connectivity index (χ3n) is 2.24. The lowest BCUT2D eigenvalue weighted by atomic mass is 10.1. The summed E-state index contributed by atoms with van der Waals surface area (Å²) in [6.07, 6.45) is 5.65. The summed E-state index contributed by atoms with van der Waals surface area (Å²) >= 11 is 0. The van der Waals surface area contributed by atoms with Gasteiger partial charge in [0.25, 0.3) is 0 Å². The number of hydrogen-bond acceptors (Lipinski definition) is 3. The SMILES string of the molecule is c1cnnc(N2CCCCC2)c1. The van der Waals surface area contributed by atoms with Crippen LogP contribution in [0, 0.1) is 0 Å².